The summed E-state index contributed by atoms with van der Waals surface area (Å²) in [5, 5.41) is 3.72. The van der Waals surface area contributed by atoms with E-state index >= 15 is 0 Å². The number of carbonyl (C=O) groups is 1. The number of hydrogen-bond acceptors (Lipinski definition) is 4. The summed E-state index contributed by atoms with van der Waals surface area (Å²) in [6.07, 6.45) is 1.60. The average molecular weight is 572 g/mol. The van der Waals surface area contributed by atoms with Crippen LogP contribution in [-0.2, 0) is 16.6 Å². The van der Waals surface area contributed by atoms with Gasteiger partial charge in [-0.05, 0) is 41.7 Å². The molecular formula is C36H33N3O2S. The van der Waals surface area contributed by atoms with Gasteiger partial charge in [-0.1, -0.05) is 129 Å². The van der Waals surface area contributed by atoms with Crippen molar-refractivity contribution in [2.45, 2.75) is 43.3 Å². The van der Waals surface area contributed by atoms with Gasteiger partial charge in [0.1, 0.15) is 0 Å². The molecule has 1 aliphatic rings. The second kappa shape index (κ2) is 11.8. The summed E-state index contributed by atoms with van der Waals surface area (Å²) < 4.78 is 1.69. The van der Waals surface area contributed by atoms with E-state index in [-0.39, 0.29) is 28.7 Å². The second-order valence-electron chi connectivity index (χ2n) is 11.0. The predicted molar refractivity (Wildman–Crippen MR) is 170 cm³/mol. The summed E-state index contributed by atoms with van der Waals surface area (Å²) in [6, 6.07) is 37.4. The Morgan fingerprint density at radius 3 is 2.07 bits per heavy atom. The molecule has 5 aromatic rings. The lowest BCUT2D eigenvalue weighted by molar-refractivity contribution is -0.119. The molecule has 6 heteroatoms. The molecule has 0 saturated carbocycles. The Kier molecular flexibility index (Phi) is 7.81. The van der Waals surface area contributed by atoms with E-state index in [0.29, 0.717) is 5.16 Å². The Morgan fingerprint density at radius 2 is 1.45 bits per heavy atom. The number of carbonyl (C=O) groups excluding carboxylic acids is 1. The smallest absolute Gasteiger partial charge is 0.263 e. The Morgan fingerprint density at radius 1 is 0.881 bits per heavy atom. The van der Waals surface area contributed by atoms with Crippen molar-refractivity contribution in [3.63, 3.8) is 0 Å². The topological polar surface area (TPSA) is 64.0 Å². The molecule has 4 aromatic carbocycles. The van der Waals surface area contributed by atoms with Gasteiger partial charge in [0.25, 0.3) is 5.56 Å². The number of benzene rings is 4. The highest BCUT2D eigenvalue weighted by atomic mass is 32.2. The zero-order valence-electron chi connectivity index (χ0n) is 23.8. The molecule has 0 spiro atoms. The van der Waals surface area contributed by atoms with Crippen molar-refractivity contribution in [1.82, 2.24) is 14.9 Å². The summed E-state index contributed by atoms with van der Waals surface area (Å²) in [7, 11) is 0. The third kappa shape index (κ3) is 5.30. The molecule has 1 aromatic heterocycles. The zero-order valence-corrected chi connectivity index (χ0v) is 24.6. The van der Waals surface area contributed by atoms with Gasteiger partial charge >= 0.3 is 0 Å². The maximum Gasteiger partial charge on any atom is 0.263 e. The summed E-state index contributed by atoms with van der Waals surface area (Å²) in [4.78, 5) is 33.1. The molecule has 1 amide bonds. The number of fused-ring (bicyclic) bond motifs is 3. The standard InChI is InChI=1S/C36H33N3O2S/c1-3-36(2)23-27-19-13-14-22-29(27)33-31(36)34(41)39(28-20-11-6-12-21-28)35(38-33)42-24-30(40)37-32(25-15-7-4-8-16-25)26-17-9-5-10-18-26/h4-22,32H,3,23-24H2,1-2H3,(H,37,40)/t36-/m0/s1. The average Bonchev–Trinajstić information content (AvgIpc) is 3.03. The number of nitrogens with zero attached hydrogens (tertiary/aromatic N) is 2. The molecule has 1 atom stereocenters. The molecule has 0 saturated heterocycles. The molecular weight excluding hydrogens is 538 g/mol. The SMILES string of the molecule is CC[C@@]1(C)Cc2ccccc2-c2nc(SCC(=O)NC(c3ccccc3)c3ccccc3)n(-c3ccccc3)c(=O)c21. The monoisotopic (exact) mass is 571 g/mol. The van der Waals surface area contributed by atoms with Crippen molar-refractivity contribution < 1.29 is 4.79 Å². The highest BCUT2D eigenvalue weighted by Crippen LogP contribution is 2.43. The van der Waals surface area contributed by atoms with Crippen LogP contribution in [0.3, 0.4) is 0 Å². The summed E-state index contributed by atoms with van der Waals surface area (Å²) in [5.41, 5.74) is 6.00. The minimum atomic E-state index is -0.344. The van der Waals surface area contributed by atoms with Crippen LogP contribution < -0.4 is 10.9 Å². The minimum Gasteiger partial charge on any atom is -0.344 e. The predicted octanol–water partition coefficient (Wildman–Crippen LogP) is 7.12. The molecule has 0 bridgehead atoms. The Balaban J connectivity index is 1.39. The van der Waals surface area contributed by atoms with Crippen molar-refractivity contribution in [2.24, 2.45) is 0 Å². The molecule has 0 aliphatic heterocycles. The van der Waals surface area contributed by atoms with Crippen molar-refractivity contribution in [1.29, 1.82) is 0 Å². The van der Waals surface area contributed by atoms with Crippen LogP contribution in [0.4, 0.5) is 0 Å². The highest BCUT2D eigenvalue weighted by Gasteiger charge is 2.38. The summed E-state index contributed by atoms with van der Waals surface area (Å²) in [5.74, 6) is -0.0240. The molecule has 1 heterocycles. The fourth-order valence-corrected chi connectivity index (χ4v) is 6.66. The number of thioether (sulfide) groups is 1. The molecule has 0 fully saturated rings. The van der Waals surface area contributed by atoms with Gasteiger partial charge in [-0.2, -0.15) is 0 Å². The van der Waals surface area contributed by atoms with Gasteiger partial charge in [0.15, 0.2) is 5.16 Å². The third-order valence-corrected chi connectivity index (χ3v) is 9.15. The lowest BCUT2D eigenvalue weighted by Crippen LogP contribution is -2.39. The summed E-state index contributed by atoms with van der Waals surface area (Å²) >= 11 is 1.29. The molecule has 210 valence electrons. The lowest BCUT2D eigenvalue weighted by atomic mass is 9.69. The summed E-state index contributed by atoms with van der Waals surface area (Å²) in [6.45, 7) is 4.29. The molecule has 0 radical (unpaired) electrons. The van der Waals surface area contributed by atoms with Gasteiger partial charge in [0.05, 0.1) is 28.7 Å². The molecule has 5 nitrogen and oxygen atoms in total. The van der Waals surface area contributed by atoms with Crippen LogP contribution in [0.25, 0.3) is 16.9 Å². The normalized spacial score (nSPS) is 15.6. The van der Waals surface area contributed by atoms with Gasteiger partial charge < -0.3 is 5.32 Å². The van der Waals surface area contributed by atoms with Crippen molar-refractivity contribution >= 4 is 17.7 Å². The maximum absolute atomic E-state index is 14.4. The molecule has 42 heavy (non-hydrogen) atoms. The van der Waals surface area contributed by atoms with Gasteiger partial charge in [-0.25, -0.2) is 4.98 Å². The number of para-hydroxylation sites is 1. The largest absolute Gasteiger partial charge is 0.344 e. The highest BCUT2D eigenvalue weighted by molar-refractivity contribution is 7.99. The van der Waals surface area contributed by atoms with Crippen LogP contribution in [0.2, 0.25) is 0 Å². The van der Waals surface area contributed by atoms with E-state index in [0.717, 1.165) is 46.5 Å². The van der Waals surface area contributed by atoms with Crippen LogP contribution in [-0.4, -0.2) is 21.2 Å². The first-order valence-electron chi connectivity index (χ1n) is 14.3. The molecule has 6 rings (SSSR count). The number of aromatic nitrogens is 2. The number of hydrogen-bond donors (Lipinski definition) is 1. The Bertz CT molecular complexity index is 1730. The fraction of sp³-hybridized carbons (Fsp3) is 0.194. The van der Waals surface area contributed by atoms with Gasteiger partial charge in [0, 0.05) is 11.0 Å². The second-order valence-corrected chi connectivity index (χ2v) is 11.9. The van der Waals surface area contributed by atoms with Crippen molar-refractivity contribution in [2.75, 3.05) is 5.75 Å². The minimum absolute atomic E-state index is 0.0700. The van der Waals surface area contributed by atoms with Crippen LogP contribution in [0.5, 0.6) is 0 Å². The van der Waals surface area contributed by atoms with E-state index in [1.54, 1.807) is 4.57 Å². The van der Waals surface area contributed by atoms with Crippen LogP contribution in [0.15, 0.2) is 125 Å². The third-order valence-electron chi connectivity index (χ3n) is 8.21. The van der Waals surface area contributed by atoms with Gasteiger partial charge in [0.2, 0.25) is 5.91 Å². The van der Waals surface area contributed by atoms with Gasteiger partial charge in [-0.3, -0.25) is 14.2 Å². The van der Waals surface area contributed by atoms with E-state index < -0.39 is 0 Å². The first-order chi connectivity index (χ1) is 20.5. The Hall–Kier alpha value is -4.42. The maximum atomic E-state index is 14.4. The Labute approximate surface area is 250 Å². The van der Waals surface area contributed by atoms with Crippen molar-refractivity contribution in [3.05, 3.63) is 148 Å². The van der Waals surface area contributed by atoms with E-state index in [4.69, 9.17) is 4.98 Å². The molecule has 1 aliphatic carbocycles. The van der Waals surface area contributed by atoms with E-state index in [1.165, 1.54) is 17.3 Å². The number of nitrogens with one attached hydrogen (secondary N) is 1. The fourth-order valence-electron chi connectivity index (χ4n) is 5.84. The zero-order chi connectivity index (χ0) is 29.1. The van der Waals surface area contributed by atoms with Crippen LogP contribution in [0, 0.1) is 0 Å². The number of amides is 1. The van der Waals surface area contributed by atoms with Crippen LogP contribution >= 0.6 is 11.8 Å². The quantitative estimate of drug-likeness (QED) is 0.159. The molecule has 1 N–H and O–H groups in total. The van der Waals surface area contributed by atoms with Crippen molar-refractivity contribution in [3.8, 4) is 16.9 Å². The van der Waals surface area contributed by atoms with Gasteiger partial charge in [-0.15, -0.1) is 0 Å². The van der Waals surface area contributed by atoms with E-state index in [2.05, 4.69) is 25.2 Å². The van der Waals surface area contributed by atoms with E-state index in [9.17, 15) is 9.59 Å². The first-order valence-corrected chi connectivity index (χ1v) is 15.3. The number of rotatable bonds is 8. The molecule has 0 unspecified atom stereocenters. The first kappa shape index (κ1) is 27.7. The van der Waals surface area contributed by atoms with Crippen LogP contribution in [0.1, 0.15) is 48.6 Å². The lowest BCUT2D eigenvalue weighted by Gasteiger charge is -2.35. The van der Waals surface area contributed by atoms with E-state index in [1.807, 2.05) is 109 Å².